The lowest BCUT2D eigenvalue weighted by Crippen LogP contribution is -2.60. The topological polar surface area (TPSA) is 331 Å². The molecule has 0 aliphatic carbocycles. The molecular formula is C34H64N12O8. The number of nitrogens with one attached hydrogen (secondary N) is 7. The van der Waals surface area contributed by atoms with Crippen LogP contribution in [0.5, 0.6) is 0 Å². The van der Waals surface area contributed by atoms with E-state index in [2.05, 4.69) is 37.2 Å². The van der Waals surface area contributed by atoms with Crippen molar-refractivity contribution in [2.45, 2.75) is 153 Å². The number of carbonyl (C=O) groups excluding carboxylic acids is 7. The first kappa shape index (κ1) is 46.2. The van der Waals surface area contributed by atoms with E-state index in [-0.39, 0.29) is 30.7 Å². The third kappa shape index (κ3) is 13.7. The van der Waals surface area contributed by atoms with Crippen molar-refractivity contribution in [1.82, 2.24) is 42.1 Å². The summed E-state index contributed by atoms with van der Waals surface area (Å²) in [4.78, 5) is 93.4. The Labute approximate surface area is 317 Å². The number of nitrogens with two attached hydrogens (primary N) is 4. The standard InChI is InChI=1S/C34H64N12O8/c1-16(2)25(44-28(49)21(36)10-9-13-39-34(37)38)31(52)43-24-15-18(4)46(33(24)54)19(5)27(48)45-26(20(6)47)32(53)41-22(11-7-8-12-35)29(50)42-23-14-17(3)40-30(23)51/h16-26,34,39,47H,7-15,35-38H2,1-6H3,(H,40,51)(H,41,53)(H,42,50)(H,43,52)(H,44,49)(H,45,48)/t17?,18?,19-,20+,21+,22-,23+,24+,25-,26+/m0/s1. The third-order valence-electron chi connectivity index (χ3n) is 9.63. The van der Waals surface area contributed by atoms with E-state index < -0.39 is 96.2 Å². The molecule has 2 fully saturated rings. The van der Waals surface area contributed by atoms with Crippen LogP contribution < -0.4 is 60.2 Å². The zero-order valence-corrected chi connectivity index (χ0v) is 32.4. The van der Waals surface area contributed by atoms with E-state index in [0.717, 1.165) is 0 Å². The summed E-state index contributed by atoms with van der Waals surface area (Å²) in [7, 11) is 0. The van der Waals surface area contributed by atoms with E-state index in [4.69, 9.17) is 22.9 Å². The number of hydrogen-bond acceptors (Lipinski definition) is 13. The lowest BCUT2D eigenvalue weighted by Gasteiger charge is -2.31. The number of nitrogens with zero attached hydrogens (tertiary/aromatic N) is 1. The van der Waals surface area contributed by atoms with Crippen molar-refractivity contribution < 1.29 is 38.7 Å². The molecule has 0 aromatic carbocycles. The van der Waals surface area contributed by atoms with Crippen molar-refractivity contribution in [3.05, 3.63) is 0 Å². The van der Waals surface area contributed by atoms with Gasteiger partial charge >= 0.3 is 0 Å². The van der Waals surface area contributed by atoms with Crippen LogP contribution in [0.2, 0.25) is 0 Å². The summed E-state index contributed by atoms with van der Waals surface area (Å²) < 4.78 is 0. The average molecular weight is 769 g/mol. The first-order valence-electron chi connectivity index (χ1n) is 18.8. The fourth-order valence-electron chi connectivity index (χ4n) is 6.51. The van der Waals surface area contributed by atoms with E-state index in [9.17, 15) is 38.7 Å². The van der Waals surface area contributed by atoms with E-state index in [1.165, 1.54) is 18.7 Å². The Balaban J connectivity index is 2.06. The highest BCUT2D eigenvalue weighted by atomic mass is 16.3. The maximum absolute atomic E-state index is 13.6. The maximum atomic E-state index is 13.6. The molecule has 0 bridgehead atoms. The molecule has 2 rings (SSSR count). The lowest BCUT2D eigenvalue weighted by atomic mass is 10.0. The van der Waals surface area contributed by atoms with Crippen LogP contribution in [0.25, 0.3) is 0 Å². The lowest BCUT2D eigenvalue weighted by molar-refractivity contribution is -0.142. The normalized spacial score (nSPS) is 23.2. The van der Waals surface area contributed by atoms with E-state index >= 15 is 0 Å². The van der Waals surface area contributed by atoms with E-state index in [1.54, 1.807) is 27.7 Å². The molecule has 0 aromatic heterocycles. The summed E-state index contributed by atoms with van der Waals surface area (Å²) in [5, 5.41) is 29.2. The molecule has 0 spiro atoms. The van der Waals surface area contributed by atoms with Gasteiger partial charge in [-0.1, -0.05) is 13.8 Å². The Morgan fingerprint density at radius 1 is 0.796 bits per heavy atom. The Morgan fingerprint density at radius 2 is 1.43 bits per heavy atom. The van der Waals surface area contributed by atoms with Gasteiger partial charge in [0.05, 0.1) is 12.1 Å². The fourth-order valence-corrected chi connectivity index (χ4v) is 6.51. The number of unbranched alkanes of at least 4 members (excludes halogenated alkanes) is 1. The summed E-state index contributed by atoms with van der Waals surface area (Å²) >= 11 is 0. The van der Waals surface area contributed by atoms with Crippen molar-refractivity contribution in [2.24, 2.45) is 28.9 Å². The molecule has 0 aromatic rings. The van der Waals surface area contributed by atoms with Crippen LogP contribution in [-0.2, 0) is 33.6 Å². The van der Waals surface area contributed by atoms with Crippen molar-refractivity contribution in [2.75, 3.05) is 13.1 Å². The zero-order valence-electron chi connectivity index (χ0n) is 32.4. The van der Waals surface area contributed by atoms with Crippen LogP contribution in [-0.4, -0.2) is 131 Å². The molecule has 2 saturated heterocycles. The molecule has 2 aliphatic heterocycles. The molecular weight excluding hydrogens is 704 g/mol. The Morgan fingerprint density at radius 3 is 1.98 bits per heavy atom. The Hall–Kier alpha value is -3.95. The third-order valence-corrected chi connectivity index (χ3v) is 9.63. The van der Waals surface area contributed by atoms with Gasteiger partial charge in [-0.3, -0.25) is 38.9 Å². The number of carbonyl (C=O) groups is 7. The van der Waals surface area contributed by atoms with Crippen LogP contribution in [0.4, 0.5) is 0 Å². The van der Waals surface area contributed by atoms with Gasteiger partial charge in [0.25, 0.3) is 0 Å². The van der Waals surface area contributed by atoms with Gasteiger partial charge in [-0.05, 0) is 91.6 Å². The molecule has 2 heterocycles. The highest BCUT2D eigenvalue weighted by Gasteiger charge is 2.44. The highest BCUT2D eigenvalue weighted by Crippen LogP contribution is 2.23. The van der Waals surface area contributed by atoms with Gasteiger partial charge in [0.15, 0.2) is 0 Å². The van der Waals surface area contributed by atoms with Crippen LogP contribution in [0.15, 0.2) is 0 Å². The van der Waals surface area contributed by atoms with Crippen LogP contribution >= 0.6 is 0 Å². The highest BCUT2D eigenvalue weighted by molar-refractivity contribution is 5.98. The minimum atomic E-state index is -1.50. The van der Waals surface area contributed by atoms with Crippen molar-refractivity contribution >= 4 is 41.4 Å². The SMILES string of the molecule is CC1C[C@@H](NC(=O)[C@H](CCCCN)NC(=O)[C@H](NC(=O)[C@H](C)N2C(=O)[C@H](NC(=O)[C@@H](NC(=O)[C@H](N)CCCNC(N)N)C(C)C)CC2C)[C@@H](C)O)C(=O)N1. The van der Waals surface area contributed by atoms with Gasteiger partial charge < -0.3 is 64.8 Å². The summed E-state index contributed by atoms with van der Waals surface area (Å²) in [6.45, 7) is 10.5. The molecule has 2 aliphatic rings. The molecule has 7 amide bonds. The van der Waals surface area contributed by atoms with Gasteiger partial charge in [-0.2, -0.15) is 0 Å². The minimum Gasteiger partial charge on any atom is -0.391 e. The van der Waals surface area contributed by atoms with Crippen LogP contribution in [0.1, 0.15) is 86.5 Å². The number of likely N-dealkylation sites (tertiary alicyclic amines) is 1. The molecule has 10 atom stereocenters. The van der Waals surface area contributed by atoms with Crippen LogP contribution in [0.3, 0.4) is 0 Å². The van der Waals surface area contributed by atoms with Gasteiger partial charge in [-0.25, -0.2) is 0 Å². The molecule has 20 nitrogen and oxygen atoms in total. The Bertz CT molecular complexity index is 1320. The molecule has 16 N–H and O–H groups in total. The summed E-state index contributed by atoms with van der Waals surface area (Å²) in [6, 6.07) is -8.01. The summed E-state index contributed by atoms with van der Waals surface area (Å²) in [5.74, 6) is -4.55. The molecule has 308 valence electrons. The molecule has 0 saturated carbocycles. The molecule has 0 radical (unpaired) electrons. The number of aliphatic hydroxyl groups is 1. The zero-order chi connectivity index (χ0) is 40.9. The van der Waals surface area contributed by atoms with Crippen molar-refractivity contribution in [3.8, 4) is 0 Å². The molecule has 2 unspecified atom stereocenters. The summed E-state index contributed by atoms with van der Waals surface area (Å²) in [5.41, 5.74) is 22.5. The number of amides is 7. The number of rotatable bonds is 22. The van der Waals surface area contributed by atoms with Crippen molar-refractivity contribution in [1.29, 1.82) is 0 Å². The predicted molar refractivity (Wildman–Crippen MR) is 199 cm³/mol. The van der Waals surface area contributed by atoms with Gasteiger partial charge in [-0.15, -0.1) is 0 Å². The quantitative estimate of drug-likeness (QED) is 0.0365. The van der Waals surface area contributed by atoms with Crippen LogP contribution in [0, 0.1) is 5.92 Å². The van der Waals surface area contributed by atoms with Gasteiger partial charge in [0.2, 0.25) is 41.4 Å². The number of aliphatic hydroxyl groups excluding tert-OH is 1. The summed E-state index contributed by atoms with van der Waals surface area (Å²) in [6.07, 6.45) is 0.534. The minimum absolute atomic E-state index is 0.128. The second kappa shape index (κ2) is 21.8. The monoisotopic (exact) mass is 768 g/mol. The molecule has 54 heavy (non-hydrogen) atoms. The Kier molecular flexibility index (Phi) is 18.7. The fraction of sp³-hybridized carbons (Fsp3) is 0.794. The maximum Gasteiger partial charge on any atom is 0.246 e. The smallest absolute Gasteiger partial charge is 0.246 e. The predicted octanol–water partition coefficient (Wildman–Crippen LogP) is -4.61. The largest absolute Gasteiger partial charge is 0.391 e. The second-order valence-electron chi connectivity index (χ2n) is 14.8. The average Bonchev–Trinajstić information content (AvgIpc) is 3.55. The van der Waals surface area contributed by atoms with E-state index in [1.807, 2.05) is 0 Å². The first-order valence-corrected chi connectivity index (χ1v) is 18.8. The van der Waals surface area contributed by atoms with Crippen molar-refractivity contribution in [3.63, 3.8) is 0 Å². The molecule has 20 heteroatoms. The van der Waals surface area contributed by atoms with Gasteiger partial charge in [0.1, 0.15) is 42.5 Å². The number of hydrogen-bond donors (Lipinski definition) is 12. The first-order chi connectivity index (χ1) is 25.3. The van der Waals surface area contributed by atoms with E-state index in [0.29, 0.717) is 45.2 Å². The second-order valence-corrected chi connectivity index (χ2v) is 14.8. The van der Waals surface area contributed by atoms with Gasteiger partial charge in [0, 0.05) is 12.1 Å².